The Labute approximate surface area is 101 Å². The van der Waals surface area contributed by atoms with Crippen LogP contribution in [0, 0.1) is 5.41 Å². The quantitative estimate of drug-likeness (QED) is 0.725. The summed E-state index contributed by atoms with van der Waals surface area (Å²) in [6.07, 6.45) is 2.88. The topological polar surface area (TPSA) is 24.5 Å². The fourth-order valence-electron chi connectivity index (χ4n) is 2.07. The van der Waals surface area contributed by atoms with Crippen LogP contribution in [-0.2, 0) is 4.74 Å². The Morgan fingerprint density at radius 2 is 1.88 bits per heavy atom. The molecule has 0 aromatic carbocycles. The number of nitrogens with zero attached hydrogens (tertiary/aromatic N) is 1. The molecule has 96 valence electrons. The number of hydrogen-bond acceptors (Lipinski definition) is 3. The van der Waals surface area contributed by atoms with Crippen molar-refractivity contribution in [2.45, 2.75) is 39.7 Å². The maximum absolute atomic E-state index is 5.37. The molecule has 0 amide bonds. The van der Waals surface area contributed by atoms with Crippen molar-refractivity contribution in [1.29, 1.82) is 0 Å². The molecule has 0 spiro atoms. The highest BCUT2D eigenvalue weighted by Crippen LogP contribution is 2.12. The largest absolute Gasteiger partial charge is 0.381 e. The van der Waals surface area contributed by atoms with Crippen molar-refractivity contribution in [1.82, 2.24) is 10.2 Å². The molecule has 1 aliphatic heterocycles. The van der Waals surface area contributed by atoms with Gasteiger partial charge in [-0.25, -0.2) is 0 Å². The van der Waals surface area contributed by atoms with E-state index in [1.807, 2.05) is 7.11 Å². The third kappa shape index (κ3) is 5.83. The van der Waals surface area contributed by atoms with Crippen molar-refractivity contribution in [3.05, 3.63) is 0 Å². The predicted molar refractivity (Wildman–Crippen MR) is 68.8 cm³/mol. The van der Waals surface area contributed by atoms with Gasteiger partial charge in [0.2, 0.25) is 0 Å². The van der Waals surface area contributed by atoms with E-state index in [2.05, 4.69) is 31.0 Å². The Kier molecular flexibility index (Phi) is 5.73. The van der Waals surface area contributed by atoms with Gasteiger partial charge in [-0.3, -0.25) is 0 Å². The molecule has 0 atom stereocenters. The van der Waals surface area contributed by atoms with Crippen molar-refractivity contribution in [3.63, 3.8) is 0 Å². The van der Waals surface area contributed by atoms with E-state index >= 15 is 0 Å². The summed E-state index contributed by atoms with van der Waals surface area (Å²) in [5.74, 6) is 0. The lowest BCUT2D eigenvalue weighted by atomic mass is 9.97. The molecule has 1 heterocycles. The summed E-state index contributed by atoms with van der Waals surface area (Å²) < 4.78 is 5.37. The Bertz CT molecular complexity index is 181. The lowest BCUT2D eigenvalue weighted by Crippen LogP contribution is -2.41. The van der Waals surface area contributed by atoms with Crippen LogP contribution in [0.5, 0.6) is 0 Å². The molecule has 3 nitrogen and oxygen atoms in total. The second kappa shape index (κ2) is 6.58. The van der Waals surface area contributed by atoms with Crippen molar-refractivity contribution < 1.29 is 4.74 Å². The van der Waals surface area contributed by atoms with Gasteiger partial charge in [0.05, 0.1) is 6.10 Å². The second-order valence-corrected chi connectivity index (χ2v) is 6.01. The second-order valence-electron chi connectivity index (χ2n) is 6.01. The van der Waals surface area contributed by atoms with Crippen LogP contribution < -0.4 is 5.32 Å². The summed E-state index contributed by atoms with van der Waals surface area (Å²) >= 11 is 0. The normalized spacial score (nSPS) is 20.2. The van der Waals surface area contributed by atoms with E-state index in [1.165, 1.54) is 32.5 Å². The van der Waals surface area contributed by atoms with Crippen LogP contribution in [0.15, 0.2) is 0 Å². The smallest absolute Gasteiger partial charge is 0.0595 e. The van der Waals surface area contributed by atoms with Gasteiger partial charge in [0.15, 0.2) is 0 Å². The van der Waals surface area contributed by atoms with Crippen molar-refractivity contribution in [3.8, 4) is 0 Å². The minimum absolute atomic E-state index is 0.392. The first-order valence-corrected chi connectivity index (χ1v) is 6.47. The fourth-order valence-corrected chi connectivity index (χ4v) is 2.07. The van der Waals surface area contributed by atoms with Crippen molar-refractivity contribution >= 4 is 0 Å². The van der Waals surface area contributed by atoms with Crippen LogP contribution >= 0.6 is 0 Å². The summed E-state index contributed by atoms with van der Waals surface area (Å²) in [6, 6.07) is 0. The highest BCUT2D eigenvalue weighted by atomic mass is 16.5. The molecule has 0 aromatic heterocycles. The van der Waals surface area contributed by atoms with E-state index in [1.54, 1.807) is 0 Å². The van der Waals surface area contributed by atoms with Gasteiger partial charge in [-0.1, -0.05) is 20.8 Å². The van der Waals surface area contributed by atoms with Gasteiger partial charge in [-0.2, -0.15) is 0 Å². The summed E-state index contributed by atoms with van der Waals surface area (Å²) in [7, 11) is 1.82. The first-order chi connectivity index (χ1) is 7.51. The maximum Gasteiger partial charge on any atom is 0.0595 e. The zero-order valence-corrected chi connectivity index (χ0v) is 11.4. The molecular weight excluding hydrogens is 200 g/mol. The molecule has 1 rings (SSSR count). The molecule has 1 N–H and O–H groups in total. The van der Waals surface area contributed by atoms with Crippen LogP contribution in [0.4, 0.5) is 0 Å². The zero-order valence-electron chi connectivity index (χ0n) is 11.4. The minimum Gasteiger partial charge on any atom is -0.381 e. The molecule has 3 heteroatoms. The van der Waals surface area contributed by atoms with Gasteiger partial charge in [-0.15, -0.1) is 0 Å². The SMILES string of the molecule is COC1CCN(CCNCC(C)(C)C)CC1. The number of rotatable bonds is 5. The standard InChI is InChI=1S/C13H28N2O/c1-13(2,3)11-14-7-10-15-8-5-12(16-4)6-9-15/h12,14H,5-11H2,1-4H3. The molecule has 0 saturated carbocycles. The summed E-state index contributed by atoms with van der Waals surface area (Å²) in [5.41, 5.74) is 0.392. The number of piperidine rings is 1. The first kappa shape index (κ1) is 13.9. The lowest BCUT2D eigenvalue weighted by Gasteiger charge is -2.31. The predicted octanol–water partition coefficient (Wildman–Crippen LogP) is 1.73. The molecule has 0 aromatic rings. The number of ether oxygens (including phenoxy) is 1. The summed E-state index contributed by atoms with van der Waals surface area (Å²) in [4.78, 5) is 2.53. The van der Waals surface area contributed by atoms with Gasteiger partial charge >= 0.3 is 0 Å². The Morgan fingerprint density at radius 1 is 1.25 bits per heavy atom. The van der Waals surface area contributed by atoms with E-state index < -0.39 is 0 Å². The third-order valence-electron chi connectivity index (χ3n) is 3.13. The molecule has 0 unspecified atom stereocenters. The zero-order chi connectivity index (χ0) is 12.0. The van der Waals surface area contributed by atoms with Crippen molar-refractivity contribution in [2.75, 3.05) is 39.8 Å². The average molecular weight is 228 g/mol. The molecule has 1 saturated heterocycles. The monoisotopic (exact) mass is 228 g/mol. The maximum atomic E-state index is 5.37. The van der Waals surface area contributed by atoms with Gasteiger partial charge in [0, 0.05) is 39.8 Å². The minimum atomic E-state index is 0.392. The van der Waals surface area contributed by atoms with Gasteiger partial charge in [-0.05, 0) is 18.3 Å². The Balaban J connectivity index is 2.02. The van der Waals surface area contributed by atoms with Crippen LogP contribution in [0.25, 0.3) is 0 Å². The van der Waals surface area contributed by atoms with Gasteiger partial charge in [0.25, 0.3) is 0 Å². The molecule has 16 heavy (non-hydrogen) atoms. The van der Waals surface area contributed by atoms with Gasteiger partial charge in [0.1, 0.15) is 0 Å². The van der Waals surface area contributed by atoms with Crippen LogP contribution in [0.3, 0.4) is 0 Å². The van der Waals surface area contributed by atoms with E-state index in [4.69, 9.17) is 4.74 Å². The summed E-state index contributed by atoms with van der Waals surface area (Å²) in [6.45, 7) is 12.6. The van der Waals surface area contributed by atoms with Crippen LogP contribution in [-0.4, -0.2) is 50.8 Å². The molecule has 0 radical (unpaired) electrons. The third-order valence-corrected chi connectivity index (χ3v) is 3.13. The number of hydrogen-bond donors (Lipinski definition) is 1. The van der Waals surface area contributed by atoms with Gasteiger partial charge < -0.3 is 15.0 Å². The summed E-state index contributed by atoms with van der Waals surface area (Å²) in [5, 5.41) is 3.52. The number of methoxy groups -OCH3 is 1. The Hall–Kier alpha value is -0.120. The number of nitrogens with one attached hydrogen (secondary N) is 1. The van der Waals surface area contributed by atoms with E-state index in [0.717, 1.165) is 13.1 Å². The fraction of sp³-hybridized carbons (Fsp3) is 1.00. The molecule has 1 fully saturated rings. The molecule has 0 aliphatic carbocycles. The Morgan fingerprint density at radius 3 is 2.38 bits per heavy atom. The highest BCUT2D eigenvalue weighted by Gasteiger charge is 2.18. The average Bonchev–Trinajstić information content (AvgIpc) is 2.24. The van der Waals surface area contributed by atoms with Crippen LogP contribution in [0.2, 0.25) is 0 Å². The van der Waals surface area contributed by atoms with Crippen LogP contribution in [0.1, 0.15) is 33.6 Å². The number of likely N-dealkylation sites (tertiary alicyclic amines) is 1. The van der Waals surface area contributed by atoms with Crippen molar-refractivity contribution in [2.24, 2.45) is 5.41 Å². The molecule has 0 bridgehead atoms. The highest BCUT2D eigenvalue weighted by molar-refractivity contribution is 4.73. The van der Waals surface area contributed by atoms with E-state index in [0.29, 0.717) is 11.5 Å². The molecule has 1 aliphatic rings. The lowest BCUT2D eigenvalue weighted by molar-refractivity contribution is 0.0413. The van der Waals surface area contributed by atoms with E-state index in [9.17, 15) is 0 Å². The first-order valence-electron chi connectivity index (χ1n) is 6.47. The van der Waals surface area contributed by atoms with E-state index in [-0.39, 0.29) is 0 Å². The molecular formula is C13H28N2O.